The molecule has 1 saturated heterocycles. The molecule has 2 rings (SSSR count). The van der Waals surface area contributed by atoms with Crippen molar-refractivity contribution in [3.05, 3.63) is 11.8 Å². The van der Waals surface area contributed by atoms with Crippen LogP contribution in [0.5, 0.6) is 0 Å². The molecule has 1 aliphatic heterocycles. The van der Waals surface area contributed by atoms with Gasteiger partial charge >= 0.3 is 0 Å². The quantitative estimate of drug-likeness (QED) is 0.592. The first-order valence-corrected chi connectivity index (χ1v) is 6.12. The van der Waals surface area contributed by atoms with Crippen LogP contribution in [0, 0.1) is 23.2 Å². The summed E-state index contributed by atoms with van der Waals surface area (Å²) in [5.41, 5.74) is 0.400. The highest BCUT2D eigenvalue weighted by molar-refractivity contribution is 5.26. The molecule has 0 aromatic heterocycles. The van der Waals surface area contributed by atoms with Crippen molar-refractivity contribution in [3.63, 3.8) is 0 Å². The molecule has 17 heavy (non-hydrogen) atoms. The second-order valence-electron chi connectivity index (χ2n) is 5.27. The van der Waals surface area contributed by atoms with Crippen LogP contribution in [0.4, 0.5) is 0 Å². The van der Waals surface area contributed by atoms with Crippen LogP contribution in [0.15, 0.2) is 11.8 Å². The second-order valence-corrected chi connectivity index (χ2v) is 5.27. The Labute approximate surface area is 102 Å². The first kappa shape index (κ1) is 12.4. The van der Waals surface area contributed by atoms with Crippen molar-refractivity contribution in [3.8, 4) is 6.07 Å². The number of aliphatic hydroxyl groups is 1. The van der Waals surface area contributed by atoms with Crippen molar-refractivity contribution in [2.45, 2.75) is 51.6 Å². The standard InChI is InChI=1S/C13H19NO3/c1-4-8-5-10(9(6-14)7-15)12-11(8)16-13(2,3)17-12/h7-8,10-12,15H,4-5H2,1-3H3/b9-7+/t8-,10-,11+,12-/m0/s1. The lowest BCUT2D eigenvalue weighted by Crippen LogP contribution is -2.26. The number of hydrogen-bond acceptors (Lipinski definition) is 4. The SMILES string of the molecule is CC[C@H]1C[C@@H](/C(C#N)=C/O)[C@@H]2OC(C)(C)O[C@H]12. The van der Waals surface area contributed by atoms with Crippen LogP contribution in [-0.4, -0.2) is 23.1 Å². The van der Waals surface area contributed by atoms with E-state index in [1.165, 1.54) is 0 Å². The summed E-state index contributed by atoms with van der Waals surface area (Å²) < 4.78 is 11.8. The van der Waals surface area contributed by atoms with Gasteiger partial charge in [-0.15, -0.1) is 0 Å². The Bertz CT molecular complexity index is 369. The molecule has 1 N–H and O–H groups in total. The largest absolute Gasteiger partial charge is 0.515 e. The van der Waals surface area contributed by atoms with E-state index in [4.69, 9.17) is 19.8 Å². The molecule has 4 nitrogen and oxygen atoms in total. The van der Waals surface area contributed by atoms with Crippen LogP contribution in [0.25, 0.3) is 0 Å². The van der Waals surface area contributed by atoms with Gasteiger partial charge < -0.3 is 14.6 Å². The number of fused-ring (bicyclic) bond motifs is 1. The maximum absolute atomic E-state index is 9.11. The summed E-state index contributed by atoms with van der Waals surface area (Å²) in [6, 6.07) is 2.05. The van der Waals surface area contributed by atoms with Crippen LogP contribution >= 0.6 is 0 Å². The van der Waals surface area contributed by atoms with Crippen molar-refractivity contribution in [1.82, 2.24) is 0 Å². The van der Waals surface area contributed by atoms with Gasteiger partial charge in [0.1, 0.15) is 0 Å². The van der Waals surface area contributed by atoms with Crippen molar-refractivity contribution in [1.29, 1.82) is 5.26 Å². The minimum Gasteiger partial charge on any atom is -0.515 e. The van der Waals surface area contributed by atoms with E-state index in [9.17, 15) is 0 Å². The maximum atomic E-state index is 9.11. The first-order chi connectivity index (χ1) is 8.02. The Morgan fingerprint density at radius 3 is 2.65 bits per heavy atom. The molecule has 1 aliphatic carbocycles. The zero-order valence-corrected chi connectivity index (χ0v) is 10.5. The molecule has 2 aliphatic rings. The third-order valence-electron chi connectivity index (χ3n) is 3.77. The molecule has 2 fully saturated rings. The van der Waals surface area contributed by atoms with Crippen molar-refractivity contribution < 1.29 is 14.6 Å². The van der Waals surface area contributed by atoms with E-state index in [1.807, 2.05) is 13.8 Å². The normalized spacial score (nSPS) is 40.0. The van der Waals surface area contributed by atoms with E-state index in [-0.39, 0.29) is 18.1 Å². The van der Waals surface area contributed by atoms with Crippen LogP contribution < -0.4 is 0 Å². The highest BCUT2D eigenvalue weighted by atomic mass is 16.8. The van der Waals surface area contributed by atoms with E-state index in [1.54, 1.807) is 0 Å². The minimum atomic E-state index is -0.586. The lowest BCUT2D eigenvalue weighted by molar-refractivity contribution is -0.159. The lowest BCUT2D eigenvalue weighted by Gasteiger charge is -2.22. The fourth-order valence-corrected chi connectivity index (χ4v) is 3.00. The average Bonchev–Trinajstić information content (AvgIpc) is 2.75. The summed E-state index contributed by atoms with van der Waals surface area (Å²) in [4.78, 5) is 0. The molecule has 4 heteroatoms. The molecule has 4 atom stereocenters. The van der Waals surface area contributed by atoms with Gasteiger partial charge in [0.05, 0.1) is 30.1 Å². The van der Waals surface area contributed by atoms with E-state index in [0.717, 1.165) is 19.1 Å². The number of hydrogen-bond donors (Lipinski definition) is 1. The fraction of sp³-hybridized carbons (Fsp3) is 0.769. The smallest absolute Gasteiger partial charge is 0.163 e. The van der Waals surface area contributed by atoms with Gasteiger partial charge in [-0.1, -0.05) is 13.3 Å². The number of aliphatic hydroxyl groups excluding tert-OH is 1. The number of ether oxygens (including phenoxy) is 2. The Hall–Kier alpha value is -1.05. The van der Waals surface area contributed by atoms with Gasteiger partial charge in [0.15, 0.2) is 5.79 Å². The monoisotopic (exact) mass is 237 g/mol. The number of rotatable bonds is 2. The molecule has 1 heterocycles. The van der Waals surface area contributed by atoms with Crippen molar-refractivity contribution >= 4 is 0 Å². The van der Waals surface area contributed by atoms with Crippen molar-refractivity contribution in [2.75, 3.05) is 0 Å². The topological polar surface area (TPSA) is 62.5 Å². The molecule has 0 aromatic carbocycles. The summed E-state index contributed by atoms with van der Waals surface area (Å²) >= 11 is 0. The van der Waals surface area contributed by atoms with Gasteiger partial charge in [0.2, 0.25) is 0 Å². The van der Waals surface area contributed by atoms with E-state index in [2.05, 4.69) is 13.0 Å². The summed E-state index contributed by atoms with van der Waals surface area (Å²) in [6.45, 7) is 5.90. The molecular formula is C13H19NO3. The molecule has 0 bridgehead atoms. The van der Waals surface area contributed by atoms with Gasteiger partial charge in [0, 0.05) is 5.92 Å². The zero-order valence-electron chi connectivity index (χ0n) is 10.5. The minimum absolute atomic E-state index is 0.0401. The summed E-state index contributed by atoms with van der Waals surface area (Å²) in [5.74, 6) is -0.228. The van der Waals surface area contributed by atoms with Crippen LogP contribution in [0.1, 0.15) is 33.6 Å². The van der Waals surface area contributed by atoms with E-state index in [0.29, 0.717) is 11.5 Å². The zero-order chi connectivity index (χ0) is 12.6. The van der Waals surface area contributed by atoms with Crippen molar-refractivity contribution in [2.24, 2.45) is 11.8 Å². The van der Waals surface area contributed by atoms with Gasteiger partial charge in [-0.25, -0.2) is 0 Å². The van der Waals surface area contributed by atoms with Crippen LogP contribution in [0.3, 0.4) is 0 Å². The fourth-order valence-electron chi connectivity index (χ4n) is 3.00. The molecule has 0 unspecified atom stereocenters. The molecule has 0 spiro atoms. The second kappa shape index (κ2) is 4.32. The van der Waals surface area contributed by atoms with Gasteiger partial charge in [-0.3, -0.25) is 0 Å². The van der Waals surface area contributed by atoms with E-state index < -0.39 is 5.79 Å². The van der Waals surface area contributed by atoms with Gasteiger partial charge in [-0.05, 0) is 26.2 Å². The molecule has 1 saturated carbocycles. The Morgan fingerprint density at radius 2 is 2.12 bits per heavy atom. The molecule has 0 aromatic rings. The maximum Gasteiger partial charge on any atom is 0.163 e. The predicted octanol–water partition coefficient (Wildman–Crippen LogP) is 2.52. The number of nitriles is 1. The summed E-state index contributed by atoms with van der Waals surface area (Å²) in [6.07, 6.45) is 2.70. The third kappa shape index (κ3) is 2.05. The Balaban J connectivity index is 2.25. The summed E-state index contributed by atoms with van der Waals surface area (Å²) in [7, 11) is 0. The third-order valence-corrected chi connectivity index (χ3v) is 3.77. The molecular weight excluding hydrogens is 218 g/mol. The van der Waals surface area contributed by atoms with Gasteiger partial charge in [0.25, 0.3) is 0 Å². The Morgan fingerprint density at radius 1 is 1.47 bits per heavy atom. The summed E-state index contributed by atoms with van der Waals surface area (Å²) in [5, 5.41) is 18.1. The first-order valence-electron chi connectivity index (χ1n) is 6.12. The number of nitrogens with zero attached hydrogens (tertiary/aromatic N) is 1. The van der Waals surface area contributed by atoms with Gasteiger partial charge in [-0.2, -0.15) is 5.26 Å². The van der Waals surface area contributed by atoms with Crippen LogP contribution in [-0.2, 0) is 9.47 Å². The highest BCUT2D eigenvalue weighted by Crippen LogP contribution is 2.47. The molecule has 0 radical (unpaired) electrons. The Kier molecular flexibility index (Phi) is 3.15. The highest BCUT2D eigenvalue weighted by Gasteiger charge is 2.54. The lowest BCUT2D eigenvalue weighted by atomic mass is 9.96. The average molecular weight is 237 g/mol. The van der Waals surface area contributed by atoms with E-state index >= 15 is 0 Å². The molecule has 0 amide bonds. The predicted molar refractivity (Wildman–Crippen MR) is 62.0 cm³/mol. The molecule has 94 valence electrons. The van der Waals surface area contributed by atoms with Crippen LogP contribution in [0.2, 0.25) is 0 Å².